The van der Waals surface area contributed by atoms with Crippen molar-refractivity contribution in [2.75, 3.05) is 6.61 Å². The number of aryl methyl sites for hydroxylation is 1. The molecule has 25 heavy (non-hydrogen) atoms. The molecule has 132 valence electrons. The van der Waals surface area contributed by atoms with Crippen LogP contribution in [0.5, 0.6) is 5.75 Å². The number of ether oxygens (including phenoxy) is 1. The third kappa shape index (κ3) is 5.35. The fraction of sp³-hybridized carbons (Fsp3) is 0.364. The molecule has 1 aliphatic rings. The second-order valence-corrected chi connectivity index (χ2v) is 7.09. The van der Waals surface area contributed by atoms with Crippen molar-refractivity contribution < 1.29 is 9.84 Å². The van der Waals surface area contributed by atoms with E-state index in [1.54, 1.807) is 6.07 Å². The van der Waals surface area contributed by atoms with Crippen molar-refractivity contribution in [3.05, 3.63) is 76.3 Å². The van der Waals surface area contributed by atoms with Crippen LogP contribution < -0.4 is 4.74 Å². The first-order valence-electron chi connectivity index (χ1n) is 9.00. The van der Waals surface area contributed by atoms with Gasteiger partial charge in [-0.2, -0.15) is 0 Å². The summed E-state index contributed by atoms with van der Waals surface area (Å²) in [5, 5.41) is 9.88. The zero-order valence-corrected chi connectivity index (χ0v) is 15.2. The van der Waals surface area contributed by atoms with Crippen LogP contribution in [0.15, 0.2) is 60.2 Å². The van der Waals surface area contributed by atoms with E-state index in [2.05, 4.69) is 36.4 Å². The predicted molar refractivity (Wildman–Crippen MR) is 103 cm³/mol. The van der Waals surface area contributed by atoms with Crippen LogP contribution in [0, 0.1) is 5.92 Å². The molecule has 2 aromatic carbocycles. The molecule has 1 aliphatic carbocycles. The summed E-state index contributed by atoms with van der Waals surface area (Å²) in [5.41, 5.74) is 3.72. The third-order valence-electron chi connectivity index (χ3n) is 4.78. The summed E-state index contributed by atoms with van der Waals surface area (Å²) in [7, 11) is 0. The summed E-state index contributed by atoms with van der Waals surface area (Å²) in [6.45, 7) is 0.660. The number of benzene rings is 2. The fourth-order valence-corrected chi connectivity index (χ4v) is 3.70. The molecular formula is C22H25ClO2. The van der Waals surface area contributed by atoms with Crippen LogP contribution in [-0.2, 0) is 13.0 Å². The molecule has 0 saturated carbocycles. The zero-order chi connectivity index (χ0) is 17.5. The number of allylic oxidation sites excluding steroid dienone is 1. The highest BCUT2D eigenvalue weighted by atomic mass is 35.5. The number of hydrogen-bond acceptors (Lipinski definition) is 2. The number of hydrogen-bond donors (Lipinski definition) is 1. The van der Waals surface area contributed by atoms with Gasteiger partial charge in [-0.25, -0.2) is 0 Å². The van der Waals surface area contributed by atoms with Crippen LogP contribution in [0.3, 0.4) is 0 Å². The highest BCUT2D eigenvalue weighted by Gasteiger charge is 2.19. The van der Waals surface area contributed by atoms with Crippen LogP contribution in [0.25, 0.3) is 0 Å². The second-order valence-electron chi connectivity index (χ2n) is 6.66. The van der Waals surface area contributed by atoms with Gasteiger partial charge >= 0.3 is 0 Å². The lowest BCUT2D eigenvalue weighted by molar-refractivity contribution is 0.261. The van der Waals surface area contributed by atoms with Gasteiger partial charge < -0.3 is 9.84 Å². The van der Waals surface area contributed by atoms with E-state index in [4.69, 9.17) is 16.3 Å². The van der Waals surface area contributed by atoms with Crippen molar-refractivity contribution in [3.63, 3.8) is 0 Å². The third-order valence-corrected chi connectivity index (χ3v) is 5.00. The summed E-state index contributed by atoms with van der Waals surface area (Å²) in [6.07, 6.45) is 8.13. The lowest BCUT2D eigenvalue weighted by atomic mass is 9.96. The van der Waals surface area contributed by atoms with Gasteiger partial charge in [0.1, 0.15) is 5.75 Å². The molecule has 0 bridgehead atoms. The Balaban J connectivity index is 1.49. The van der Waals surface area contributed by atoms with Crippen LogP contribution in [-0.4, -0.2) is 11.7 Å². The Morgan fingerprint density at radius 2 is 1.88 bits per heavy atom. The highest BCUT2D eigenvalue weighted by molar-refractivity contribution is 6.30. The molecule has 0 aliphatic heterocycles. The molecule has 2 nitrogen and oxygen atoms in total. The van der Waals surface area contributed by atoms with E-state index in [-0.39, 0.29) is 6.61 Å². The molecule has 0 unspecified atom stereocenters. The number of aliphatic hydroxyl groups excluding tert-OH is 1. The zero-order valence-electron chi connectivity index (χ0n) is 14.5. The largest absolute Gasteiger partial charge is 0.493 e. The molecule has 0 aromatic heterocycles. The van der Waals surface area contributed by atoms with E-state index >= 15 is 0 Å². The first-order chi connectivity index (χ1) is 12.2. The molecule has 3 rings (SSSR count). The van der Waals surface area contributed by atoms with E-state index in [0.717, 1.165) is 37.0 Å². The van der Waals surface area contributed by atoms with E-state index in [0.29, 0.717) is 17.5 Å². The standard InChI is InChI=1S/C22H25ClO2/c23-21-12-18(15-24)13-22(14-21)25-16-20-11-5-10-19(20)9-4-8-17-6-2-1-3-7-17/h1-3,6-7,10,12-14,20,24H,4-5,8-9,11,15-16H2/t20-/m1/s1. The molecule has 0 fully saturated rings. The van der Waals surface area contributed by atoms with Crippen molar-refractivity contribution in [1.29, 1.82) is 0 Å². The summed E-state index contributed by atoms with van der Waals surface area (Å²) >= 11 is 6.08. The Morgan fingerprint density at radius 1 is 1.04 bits per heavy atom. The smallest absolute Gasteiger partial charge is 0.121 e. The first kappa shape index (κ1) is 18.0. The summed E-state index contributed by atoms with van der Waals surface area (Å²) in [6, 6.07) is 16.1. The molecular weight excluding hydrogens is 332 g/mol. The maximum absolute atomic E-state index is 9.28. The predicted octanol–water partition coefficient (Wildman–Crippen LogP) is 5.57. The molecule has 0 saturated heterocycles. The van der Waals surface area contributed by atoms with Crippen molar-refractivity contribution in [1.82, 2.24) is 0 Å². The quantitative estimate of drug-likeness (QED) is 0.626. The Kier molecular flexibility index (Phi) is 6.55. The van der Waals surface area contributed by atoms with Gasteiger partial charge in [0.15, 0.2) is 0 Å². The minimum atomic E-state index is -0.0228. The average molecular weight is 357 g/mol. The first-order valence-corrected chi connectivity index (χ1v) is 9.38. The Labute approximate surface area is 155 Å². The lowest BCUT2D eigenvalue weighted by Crippen LogP contribution is -2.12. The topological polar surface area (TPSA) is 29.5 Å². The molecule has 0 heterocycles. The van der Waals surface area contributed by atoms with Gasteiger partial charge in [0.25, 0.3) is 0 Å². The van der Waals surface area contributed by atoms with Crippen LogP contribution in [0.2, 0.25) is 5.02 Å². The maximum Gasteiger partial charge on any atom is 0.121 e. The Hall–Kier alpha value is -1.77. The van der Waals surface area contributed by atoms with E-state index in [9.17, 15) is 5.11 Å². The minimum absolute atomic E-state index is 0.0228. The highest BCUT2D eigenvalue weighted by Crippen LogP contribution is 2.31. The van der Waals surface area contributed by atoms with Gasteiger partial charge in [0, 0.05) is 10.9 Å². The van der Waals surface area contributed by atoms with Gasteiger partial charge in [-0.05, 0) is 61.4 Å². The molecule has 0 spiro atoms. The van der Waals surface area contributed by atoms with E-state index in [1.807, 2.05) is 12.1 Å². The van der Waals surface area contributed by atoms with Crippen molar-refractivity contribution in [2.24, 2.45) is 5.92 Å². The minimum Gasteiger partial charge on any atom is -0.493 e. The van der Waals surface area contributed by atoms with E-state index in [1.165, 1.54) is 17.6 Å². The number of aliphatic hydroxyl groups is 1. The molecule has 0 radical (unpaired) electrons. The summed E-state index contributed by atoms with van der Waals surface area (Å²) in [5.74, 6) is 1.24. The SMILES string of the molecule is OCc1cc(Cl)cc(OC[C@H]2CCC=C2CCCc2ccccc2)c1. The maximum atomic E-state index is 9.28. The molecule has 0 amide bonds. The van der Waals surface area contributed by atoms with Crippen molar-refractivity contribution in [2.45, 2.75) is 38.7 Å². The van der Waals surface area contributed by atoms with Gasteiger partial charge in [0.2, 0.25) is 0 Å². The Bertz CT molecular complexity index is 709. The lowest BCUT2D eigenvalue weighted by Gasteiger charge is -2.17. The summed E-state index contributed by atoms with van der Waals surface area (Å²) < 4.78 is 5.97. The van der Waals surface area contributed by atoms with Gasteiger partial charge in [-0.1, -0.05) is 53.6 Å². The van der Waals surface area contributed by atoms with Crippen molar-refractivity contribution >= 4 is 11.6 Å². The molecule has 1 atom stereocenters. The second kappa shape index (κ2) is 9.07. The van der Waals surface area contributed by atoms with Crippen LogP contribution >= 0.6 is 11.6 Å². The molecule has 2 aromatic rings. The normalized spacial score (nSPS) is 16.7. The van der Waals surface area contributed by atoms with Crippen LogP contribution in [0.1, 0.15) is 36.8 Å². The van der Waals surface area contributed by atoms with Crippen molar-refractivity contribution in [3.8, 4) is 5.75 Å². The molecule has 1 N–H and O–H groups in total. The summed E-state index contributed by atoms with van der Waals surface area (Å²) in [4.78, 5) is 0. The van der Waals surface area contributed by atoms with E-state index < -0.39 is 0 Å². The van der Waals surface area contributed by atoms with Gasteiger partial charge in [-0.15, -0.1) is 0 Å². The Morgan fingerprint density at radius 3 is 2.68 bits per heavy atom. The fourth-order valence-electron chi connectivity index (χ4n) is 3.45. The van der Waals surface area contributed by atoms with Gasteiger partial charge in [0.05, 0.1) is 13.2 Å². The van der Waals surface area contributed by atoms with Gasteiger partial charge in [-0.3, -0.25) is 0 Å². The number of halogens is 1. The molecule has 3 heteroatoms. The monoisotopic (exact) mass is 356 g/mol. The number of rotatable bonds is 8. The van der Waals surface area contributed by atoms with Crippen LogP contribution in [0.4, 0.5) is 0 Å². The average Bonchev–Trinajstić information content (AvgIpc) is 3.08.